The molecule has 0 heterocycles. The van der Waals surface area contributed by atoms with Gasteiger partial charge < -0.3 is 18.9 Å². The Morgan fingerprint density at radius 1 is 0.733 bits per heavy atom. The number of rotatable bonds is 12. The second-order valence-electron chi connectivity index (χ2n) is 7.44. The van der Waals surface area contributed by atoms with Crippen LogP contribution in [0.1, 0.15) is 51.7 Å². The van der Waals surface area contributed by atoms with Crippen molar-refractivity contribution in [1.82, 2.24) is 0 Å². The van der Waals surface area contributed by atoms with Crippen LogP contribution >= 0.6 is 0 Å². The highest BCUT2D eigenvalue weighted by molar-refractivity contribution is 5.68. The van der Waals surface area contributed by atoms with Crippen LogP contribution in [0, 0.1) is 0 Å². The van der Waals surface area contributed by atoms with Crippen LogP contribution in [0.25, 0.3) is 0 Å². The van der Waals surface area contributed by atoms with Gasteiger partial charge in [0, 0.05) is 26.1 Å². The van der Waals surface area contributed by atoms with Crippen molar-refractivity contribution in [1.29, 1.82) is 0 Å². The second kappa shape index (κ2) is 13.0. The average molecular weight is 415 g/mol. The molecule has 2 aromatic carbocycles. The van der Waals surface area contributed by atoms with E-state index in [0.29, 0.717) is 37.6 Å². The first-order chi connectivity index (χ1) is 14.5. The van der Waals surface area contributed by atoms with Crippen molar-refractivity contribution in [2.24, 2.45) is 0 Å². The lowest BCUT2D eigenvalue weighted by atomic mass is 10.1. The van der Waals surface area contributed by atoms with Crippen molar-refractivity contribution in [3.63, 3.8) is 0 Å². The third-order valence-corrected chi connectivity index (χ3v) is 4.56. The molecule has 0 bridgehead atoms. The molecule has 0 aromatic heterocycles. The van der Waals surface area contributed by atoms with Crippen LogP contribution in [0.4, 0.5) is 4.79 Å². The number of carbonyl (C=O) groups excluding carboxylic acids is 1. The molecule has 30 heavy (non-hydrogen) atoms. The van der Waals surface area contributed by atoms with Crippen molar-refractivity contribution in [2.75, 3.05) is 13.2 Å². The molecule has 0 spiro atoms. The fourth-order valence-corrected chi connectivity index (χ4v) is 3.12. The molecule has 0 radical (unpaired) electrons. The molecule has 0 aliphatic rings. The van der Waals surface area contributed by atoms with Crippen LogP contribution in [-0.2, 0) is 22.3 Å². The molecule has 0 fully saturated rings. The highest BCUT2D eigenvalue weighted by Crippen LogP contribution is 2.24. The summed E-state index contributed by atoms with van der Waals surface area (Å²) in [7, 11) is 0. The summed E-state index contributed by atoms with van der Waals surface area (Å²) in [5, 5.41) is 0. The fourth-order valence-electron chi connectivity index (χ4n) is 3.12. The molecule has 2 rings (SSSR count). The van der Waals surface area contributed by atoms with E-state index in [9.17, 15) is 4.79 Å². The van der Waals surface area contributed by atoms with Gasteiger partial charge in [-0.3, -0.25) is 0 Å². The Bertz CT molecular complexity index is 710. The third-order valence-electron chi connectivity index (χ3n) is 4.56. The predicted molar refractivity (Wildman–Crippen MR) is 118 cm³/mol. The van der Waals surface area contributed by atoms with Gasteiger partial charge in [0.25, 0.3) is 0 Å². The quantitative estimate of drug-likeness (QED) is 0.316. The van der Waals surface area contributed by atoms with Gasteiger partial charge in [-0.1, -0.05) is 50.2 Å². The SMILES string of the molecule is CCCOC(C)Cc1ccccc1OC(=O)Oc1ccccc1CC(C)OCCC. The molecular weight excluding hydrogens is 380 g/mol. The van der Waals surface area contributed by atoms with E-state index in [1.807, 2.05) is 50.2 Å². The van der Waals surface area contributed by atoms with Gasteiger partial charge in [-0.2, -0.15) is 0 Å². The van der Waals surface area contributed by atoms with Gasteiger partial charge in [0.1, 0.15) is 11.5 Å². The monoisotopic (exact) mass is 414 g/mol. The first kappa shape index (κ1) is 23.9. The van der Waals surface area contributed by atoms with E-state index in [-0.39, 0.29) is 12.2 Å². The molecule has 0 aliphatic heterocycles. The molecule has 0 amide bonds. The maximum absolute atomic E-state index is 12.5. The van der Waals surface area contributed by atoms with Crippen molar-refractivity contribution in [2.45, 2.75) is 65.6 Å². The molecule has 2 aromatic rings. The van der Waals surface area contributed by atoms with Gasteiger partial charge in [0.2, 0.25) is 0 Å². The second-order valence-corrected chi connectivity index (χ2v) is 7.44. The van der Waals surface area contributed by atoms with Crippen molar-refractivity contribution >= 4 is 6.16 Å². The first-order valence-corrected chi connectivity index (χ1v) is 10.8. The smallest absolute Gasteiger partial charge is 0.394 e. The zero-order valence-electron chi connectivity index (χ0n) is 18.6. The lowest BCUT2D eigenvalue weighted by Gasteiger charge is -2.16. The number of hydrogen-bond acceptors (Lipinski definition) is 5. The van der Waals surface area contributed by atoms with Crippen LogP contribution < -0.4 is 9.47 Å². The van der Waals surface area contributed by atoms with E-state index >= 15 is 0 Å². The van der Waals surface area contributed by atoms with Crippen molar-refractivity contribution in [3.8, 4) is 11.5 Å². The first-order valence-electron chi connectivity index (χ1n) is 10.8. The maximum atomic E-state index is 12.5. The van der Waals surface area contributed by atoms with E-state index in [0.717, 1.165) is 24.0 Å². The number of ether oxygens (including phenoxy) is 4. The van der Waals surface area contributed by atoms with Gasteiger partial charge in [-0.05, 0) is 49.9 Å². The molecule has 0 aliphatic carbocycles. The van der Waals surface area contributed by atoms with E-state index < -0.39 is 6.16 Å². The van der Waals surface area contributed by atoms with Crippen LogP contribution in [0.15, 0.2) is 48.5 Å². The summed E-state index contributed by atoms with van der Waals surface area (Å²) in [4.78, 5) is 12.5. The Morgan fingerprint density at radius 3 is 1.53 bits per heavy atom. The van der Waals surface area contributed by atoms with Crippen LogP contribution in [0.2, 0.25) is 0 Å². The van der Waals surface area contributed by atoms with E-state index in [4.69, 9.17) is 18.9 Å². The Kier molecular flexibility index (Phi) is 10.4. The minimum atomic E-state index is -0.751. The Hall–Kier alpha value is -2.37. The molecule has 0 N–H and O–H groups in total. The third kappa shape index (κ3) is 8.17. The molecule has 2 unspecified atom stereocenters. The van der Waals surface area contributed by atoms with Gasteiger partial charge in [0.05, 0.1) is 12.2 Å². The van der Waals surface area contributed by atoms with E-state index in [1.165, 1.54) is 0 Å². The van der Waals surface area contributed by atoms with Gasteiger partial charge >= 0.3 is 6.16 Å². The summed E-state index contributed by atoms with van der Waals surface area (Å²) in [5.74, 6) is 0.984. The summed E-state index contributed by atoms with van der Waals surface area (Å²) < 4.78 is 22.6. The molecule has 0 saturated carbocycles. The maximum Gasteiger partial charge on any atom is 0.519 e. The highest BCUT2D eigenvalue weighted by atomic mass is 16.7. The molecule has 5 heteroatoms. The minimum absolute atomic E-state index is 0.0380. The lowest BCUT2D eigenvalue weighted by molar-refractivity contribution is 0.0661. The normalized spacial score (nSPS) is 12.9. The number of carbonyl (C=O) groups is 1. The van der Waals surface area contributed by atoms with Crippen LogP contribution in [0.3, 0.4) is 0 Å². The van der Waals surface area contributed by atoms with Gasteiger partial charge in [-0.15, -0.1) is 0 Å². The molecular formula is C25H34O5. The Morgan fingerprint density at radius 2 is 1.13 bits per heavy atom. The van der Waals surface area contributed by atoms with Gasteiger partial charge in [0.15, 0.2) is 0 Å². The molecule has 0 saturated heterocycles. The Balaban J connectivity index is 2.01. The number of benzene rings is 2. The summed E-state index contributed by atoms with van der Waals surface area (Å²) >= 11 is 0. The number of para-hydroxylation sites is 2. The van der Waals surface area contributed by atoms with Crippen LogP contribution in [0.5, 0.6) is 11.5 Å². The lowest BCUT2D eigenvalue weighted by Crippen LogP contribution is -2.18. The average Bonchev–Trinajstić information content (AvgIpc) is 2.73. The summed E-state index contributed by atoms with van der Waals surface area (Å²) in [5.41, 5.74) is 1.82. The Labute approximate surface area is 180 Å². The zero-order valence-corrected chi connectivity index (χ0v) is 18.6. The standard InChI is InChI=1S/C25H34O5/c1-5-15-27-19(3)17-21-11-7-9-13-23(21)29-25(26)30-24-14-10-8-12-22(24)18-20(4)28-16-6-2/h7-14,19-20H,5-6,15-18H2,1-4H3. The molecule has 5 nitrogen and oxygen atoms in total. The summed E-state index contributed by atoms with van der Waals surface area (Å²) in [6.07, 6.45) is 2.58. The zero-order chi connectivity index (χ0) is 21.8. The van der Waals surface area contributed by atoms with Crippen molar-refractivity contribution in [3.05, 3.63) is 59.7 Å². The van der Waals surface area contributed by atoms with E-state index in [1.54, 1.807) is 12.1 Å². The fraction of sp³-hybridized carbons (Fsp3) is 0.480. The molecule has 164 valence electrons. The minimum Gasteiger partial charge on any atom is -0.394 e. The van der Waals surface area contributed by atoms with Crippen molar-refractivity contribution < 1.29 is 23.7 Å². The summed E-state index contributed by atoms with van der Waals surface area (Å²) in [6, 6.07) is 14.9. The van der Waals surface area contributed by atoms with Gasteiger partial charge in [-0.25, -0.2) is 4.79 Å². The highest BCUT2D eigenvalue weighted by Gasteiger charge is 2.16. The van der Waals surface area contributed by atoms with E-state index in [2.05, 4.69) is 13.8 Å². The largest absolute Gasteiger partial charge is 0.519 e. The predicted octanol–water partition coefficient (Wildman–Crippen LogP) is 5.98. The summed E-state index contributed by atoms with van der Waals surface area (Å²) in [6.45, 7) is 9.61. The molecule has 2 atom stereocenters. The number of hydrogen-bond donors (Lipinski definition) is 0. The van der Waals surface area contributed by atoms with Crippen LogP contribution in [-0.4, -0.2) is 31.6 Å². The topological polar surface area (TPSA) is 54.0 Å².